The highest BCUT2D eigenvalue weighted by atomic mass is 127. The molecule has 0 unspecified atom stereocenters. The van der Waals surface area contributed by atoms with Gasteiger partial charge in [0.25, 0.3) is 11.8 Å². The van der Waals surface area contributed by atoms with E-state index in [0.717, 1.165) is 5.56 Å². The van der Waals surface area contributed by atoms with Crippen LogP contribution in [0.25, 0.3) is 6.08 Å². The number of hydrogen-bond acceptors (Lipinski definition) is 7. The molecule has 0 radical (unpaired) electrons. The van der Waals surface area contributed by atoms with E-state index in [1.54, 1.807) is 41.3 Å². The molecule has 1 aliphatic heterocycles. The van der Waals surface area contributed by atoms with Crippen LogP contribution < -0.4 is 14.8 Å². The minimum atomic E-state index is -1.01. The molecule has 11 heteroatoms. The summed E-state index contributed by atoms with van der Waals surface area (Å²) < 4.78 is 12.5. The molecular weight excluding hydrogens is 705 g/mol. The molecule has 228 valence electrons. The Bertz CT molecular complexity index is 1760. The zero-order valence-corrected chi connectivity index (χ0v) is 27.1. The zero-order chi connectivity index (χ0) is 31.8. The first-order chi connectivity index (χ1) is 21.8. The first-order valence-corrected chi connectivity index (χ1v) is 15.8. The van der Waals surface area contributed by atoms with Gasteiger partial charge in [-0.15, -0.1) is 0 Å². The van der Waals surface area contributed by atoms with Crippen molar-refractivity contribution in [3.8, 4) is 11.5 Å². The molecule has 1 saturated heterocycles. The molecule has 0 atom stereocenters. The van der Waals surface area contributed by atoms with Crippen LogP contribution >= 0.6 is 34.4 Å². The molecule has 2 N–H and O–H groups in total. The standard InChI is InChI=1S/C34H28IN3O6S/c1-2-43-28-18-23(17-27(35)31(28)44-21-30(39)36-25-9-5-3-6-10-25)19-29-32(40)38(20-22-13-15-24(16-14-22)33(41)42)34(45-29)37-26-11-7-4-8-12-26/h3-19H,2,20-21H2,1H3,(H,36,39)(H,41,42)/b29-19-,37-34?. The highest BCUT2D eigenvalue weighted by Gasteiger charge is 2.33. The second-order valence-corrected chi connectivity index (χ2v) is 11.9. The third kappa shape index (κ3) is 8.31. The molecule has 1 aliphatic rings. The number of thioether (sulfide) groups is 1. The molecule has 9 nitrogen and oxygen atoms in total. The Balaban J connectivity index is 1.40. The summed E-state index contributed by atoms with van der Waals surface area (Å²) >= 11 is 3.38. The second-order valence-electron chi connectivity index (χ2n) is 9.70. The summed E-state index contributed by atoms with van der Waals surface area (Å²) in [4.78, 5) is 44.3. The van der Waals surface area contributed by atoms with Gasteiger partial charge in [-0.1, -0.05) is 48.5 Å². The Morgan fingerprint density at radius 1 is 0.978 bits per heavy atom. The molecule has 2 amide bonds. The lowest BCUT2D eigenvalue weighted by atomic mass is 10.1. The SMILES string of the molecule is CCOc1cc(/C=C2\SC(=Nc3ccccc3)N(Cc3ccc(C(=O)O)cc3)C2=O)cc(I)c1OCC(=O)Nc1ccccc1. The maximum Gasteiger partial charge on any atom is 0.335 e. The van der Waals surface area contributed by atoms with E-state index in [4.69, 9.17) is 14.5 Å². The minimum absolute atomic E-state index is 0.170. The number of benzene rings is 4. The number of hydrogen-bond donors (Lipinski definition) is 2. The maximum absolute atomic E-state index is 13.7. The van der Waals surface area contributed by atoms with Crippen molar-refractivity contribution in [3.63, 3.8) is 0 Å². The van der Waals surface area contributed by atoms with Crippen molar-refractivity contribution < 1.29 is 29.0 Å². The van der Waals surface area contributed by atoms with Gasteiger partial charge in [0.15, 0.2) is 23.3 Å². The number of carbonyl (C=O) groups excluding carboxylic acids is 2. The zero-order valence-electron chi connectivity index (χ0n) is 24.1. The number of anilines is 1. The number of rotatable bonds is 11. The third-order valence-corrected chi connectivity index (χ3v) is 8.25. The molecule has 4 aromatic carbocycles. The van der Waals surface area contributed by atoms with E-state index in [0.29, 0.717) is 48.7 Å². The van der Waals surface area contributed by atoms with Gasteiger partial charge in [0, 0.05) is 5.69 Å². The monoisotopic (exact) mass is 733 g/mol. The van der Waals surface area contributed by atoms with Gasteiger partial charge in [-0.3, -0.25) is 14.5 Å². The van der Waals surface area contributed by atoms with Crippen LogP contribution in [0.15, 0.2) is 107 Å². The lowest BCUT2D eigenvalue weighted by molar-refractivity contribution is -0.122. The topological polar surface area (TPSA) is 118 Å². The van der Waals surface area contributed by atoms with Crippen molar-refractivity contribution in [1.29, 1.82) is 0 Å². The van der Waals surface area contributed by atoms with E-state index in [9.17, 15) is 19.5 Å². The predicted molar refractivity (Wildman–Crippen MR) is 184 cm³/mol. The molecule has 0 aromatic heterocycles. The van der Waals surface area contributed by atoms with Crippen molar-refractivity contribution in [1.82, 2.24) is 4.90 Å². The number of amides is 2. The van der Waals surface area contributed by atoms with Crippen molar-refractivity contribution in [3.05, 3.63) is 122 Å². The second kappa shape index (κ2) is 14.9. The number of ether oxygens (including phenoxy) is 2. The number of carbonyl (C=O) groups is 3. The number of nitrogens with zero attached hydrogens (tertiary/aromatic N) is 2. The molecule has 1 heterocycles. The minimum Gasteiger partial charge on any atom is -0.490 e. The van der Waals surface area contributed by atoms with Crippen LogP contribution in [0.4, 0.5) is 11.4 Å². The fourth-order valence-electron chi connectivity index (χ4n) is 4.36. The molecule has 45 heavy (non-hydrogen) atoms. The van der Waals surface area contributed by atoms with Gasteiger partial charge >= 0.3 is 5.97 Å². The summed E-state index contributed by atoms with van der Waals surface area (Å²) in [5.74, 6) is -0.665. The van der Waals surface area contributed by atoms with Crippen LogP contribution in [0.1, 0.15) is 28.4 Å². The molecule has 4 aromatic rings. The van der Waals surface area contributed by atoms with Gasteiger partial charge in [-0.25, -0.2) is 9.79 Å². The van der Waals surface area contributed by atoms with E-state index in [1.807, 2.05) is 61.5 Å². The number of amidine groups is 1. The fourth-order valence-corrected chi connectivity index (χ4v) is 6.14. The first kappa shape index (κ1) is 31.8. The smallest absolute Gasteiger partial charge is 0.335 e. The van der Waals surface area contributed by atoms with Gasteiger partial charge in [-0.05, 0) is 107 Å². The fraction of sp³-hybridized carbons (Fsp3) is 0.118. The Hall–Kier alpha value is -4.62. The summed E-state index contributed by atoms with van der Waals surface area (Å²) in [5.41, 5.74) is 3.02. The number of nitrogens with one attached hydrogen (secondary N) is 1. The van der Waals surface area contributed by atoms with Crippen LogP contribution in [0.3, 0.4) is 0 Å². The van der Waals surface area contributed by atoms with Gasteiger partial charge in [-0.2, -0.15) is 0 Å². The summed E-state index contributed by atoms with van der Waals surface area (Å²) in [6, 6.07) is 28.5. The largest absolute Gasteiger partial charge is 0.490 e. The van der Waals surface area contributed by atoms with Crippen molar-refractivity contribution in [2.75, 3.05) is 18.5 Å². The normalized spacial score (nSPS) is 14.5. The Morgan fingerprint density at radius 3 is 2.33 bits per heavy atom. The van der Waals surface area contributed by atoms with Gasteiger partial charge < -0.3 is 19.9 Å². The molecule has 0 spiro atoms. The summed E-state index contributed by atoms with van der Waals surface area (Å²) in [5, 5.41) is 12.6. The van der Waals surface area contributed by atoms with Crippen molar-refractivity contribution >= 4 is 74.8 Å². The van der Waals surface area contributed by atoms with Crippen LogP contribution in [-0.4, -0.2) is 46.2 Å². The molecule has 5 rings (SSSR count). The lowest BCUT2D eigenvalue weighted by Crippen LogP contribution is -2.28. The van der Waals surface area contributed by atoms with Crippen LogP contribution in [0.2, 0.25) is 0 Å². The van der Waals surface area contributed by atoms with E-state index >= 15 is 0 Å². The van der Waals surface area contributed by atoms with E-state index < -0.39 is 5.97 Å². The average Bonchev–Trinajstić information content (AvgIpc) is 3.30. The van der Waals surface area contributed by atoms with E-state index in [-0.39, 0.29) is 30.5 Å². The number of para-hydroxylation sites is 2. The number of aliphatic imine (C=N–C) groups is 1. The number of carboxylic acids is 1. The van der Waals surface area contributed by atoms with E-state index in [2.05, 4.69) is 27.9 Å². The lowest BCUT2D eigenvalue weighted by Gasteiger charge is -2.16. The molecule has 0 aliphatic carbocycles. The summed E-state index contributed by atoms with van der Waals surface area (Å²) in [7, 11) is 0. The Labute approximate surface area is 278 Å². The van der Waals surface area contributed by atoms with Crippen molar-refractivity contribution in [2.45, 2.75) is 13.5 Å². The molecule has 1 fully saturated rings. The van der Waals surface area contributed by atoms with Gasteiger partial charge in [0.05, 0.1) is 32.9 Å². The molecule has 0 saturated carbocycles. The van der Waals surface area contributed by atoms with Gasteiger partial charge in [0.1, 0.15) is 0 Å². The summed E-state index contributed by atoms with van der Waals surface area (Å²) in [6.45, 7) is 2.24. The van der Waals surface area contributed by atoms with Crippen LogP contribution in [-0.2, 0) is 16.1 Å². The quantitative estimate of drug-likeness (QED) is 0.124. The van der Waals surface area contributed by atoms with E-state index in [1.165, 1.54) is 23.9 Å². The maximum atomic E-state index is 13.7. The Kier molecular flexibility index (Phi) is 10.5. The van der Waals surface area contributed by atoms with Crippen molar-refractivity contribution in [2.24, 2.45) is 4.99 Å². The average molecular weight is 734 g/mol. The van der Waals surface area contributed by atoms with Crippen LogP contribution in [0.5, 0.6) is 11.5 Å². The third-order valence-electron chi connectivity index (χ3n) is 6.45. The Morgan fingerprint density at radius 2 is 1.67 bits per heavy atom. The molecule has 0 bridgehead atoms. The number of carboxylic acid groups (broad SMARTS) is 1. The van der Waals surface area contributed by atoms with Crippen LogP contribution in [0, 0.1) is 3.57 Å². The predicted octanol–water partition coefficient (Wildman–Crippen LogP) is 7.21. The molecular formula is C34H28IN3O6S. The highest BCUT2D eigenvalue weighted by molar-refractivity contribution is 14.1. The van der Waals surface area contributed by atoms with Gasteiger partial charge in [0.2, 0.25) is 0 Å². The summed E-state index contributed by atoms with van der Waals surface area (Å²) in [6.07, 6.45) is 1.78. The first-order valence-electron chi connectivity index (χ1n) is 13.9. The highest BCUT2D eigenvalue weighted by Crippen LogP contribution is 2.38. The number of halogens is 1. The number of aromatic carboxylic acids is 1.